The molecule has 0 aliphatic carbocycles. The summed E-state index contributed by atoms with van der Waals surface area (Å²) in [5.74, 6) is -0.651. The van der Waals surface area contributed by atoms with E-state index in [0.29, 0.717) is 41.9 Å². The van der Waals surface area contributed by atoms with Gasteiger partial charge in [0.1, 0.15) is 22.9 Å². The summed E-state index contributed by atoms with van der Waals surface area (Å²) in [6, 6.07) is 16.8. The largest absolute Gasteiger partial charge is 0.461 e. The van der Waals surface area contributed by atoms with Crippen LogP contribution in [0, 0.1) is 16.7 Å². The van der Waals surface area contributed by atoms with Gasteiger partial charge in [0.05, 0.1) is 12.6 Å². The van der Waals surface area contributed by atoms with Crippen molar-refractivity contribution >= 4 is 29.7 Å². The van der Waals surface area contributed by atoms with Crippen molar-refractivity contribution in [3.8, 4) is 17.3 Å². The normalized spacial score (nSPS) is 15.2. The lowest BCUT2D eigenvalue weighted by Crippen LogP contribution is -2.44. The van der Waals surface area contributed by atoms with E-state index in [0.717, 1.165) is 5.69 Å². The zero-order valence-electron chi connectivity index (χ0n) is 23.2. The molecule has 4 rings (SSSR count). The molecular formula is C30H34N6O4. The number of amides is 1. The Morgan fingerprint density at radius 1 is 1.23 bits per heavy atom. The highest BCUT2D eigenvalue weighted by Crippen LogP contribution is 2.33. The van der Waals surface area contributed by atoms with Gasteiger partial charge in [-0.05, 0) is 64.8 Å². The number of piperidine rings is 1. The first kappa shape index (κ1) is 28.4. The Morgan fingerprint density at radius 2 is 1.98 bits per heavy atom. The Bertz CT molecular complexity index is 1430. The van der Waals surface area contributed by atoms with Crippen LogP contribution in [0.3, 0.4) is 0 Å². The third kappa shape index (κ3) is 6.31. The molecular weight excluding hydrogens is 508 g/mol. The van der Waals surface area contributed by atoms with E-state index in [2.05, 4.69) is 11.4 Å². The second-order valence-electron chi connectivity index (χ2n) is 10.5. The third-order valence-electron chi connectivity index (χ3n) is 6.42. The molecule has 1 saturated heterocycles. The topological polar surface area (TPSA) is 133 Å². The first-order valence-corrected chi connectivity index (χ1v) is 13.3. The van der Waals surface area contributed by atoms with E-state index in [1.807, 2.05) is 57.2 Å². The first-order chi connectivity index (χ1) is 19.1. The molecule has 3 aromatic rings. The van der Waals surface area contributed by atoms with Crippen molar-refractivity contribution in [2.75, 3.05) is 25.0 Å². The maximum atomic E-state index is 13.1. The molecule has 0 spiro atoms. The van der Waals surface area contributed by atoms with Gasteiger partial charge in [-0.3, -0.25) is 4.68 Å². The van der Waals surface area contributed by atoms with Gasteiger partial charge in [-0.25, -0.2) is 9.59 Å². The SMILES string of the molecule is CCOC(=O)c1c(C#N)c(-c2ccc(Nc3ccccc3)c(C=N)c2)nn1C1CCCN(C(=O)OC(C)(C)C)C1. The molecule has 10 nitrogen and oxygen atoms in total. The number of hydrogen-bond acceptors (Lipinski definition) is 8. The molecule has 1 aliphatic rings. The standard InChI is InChI=1S/C30H34N6O4/c1-5-39-28(37)27-24(18-32)26(20-13-14-25(21(16-20)17-31)33-22-10-7-6-8-11-22)34-36(27)23-12-9-15-35(19-23)29(38)40-30(2,3)4/h6-8,10-11,13-14,16-17,23,31,33H,5,9,12,15,19H2,1-4H3. The molecule has 40 heavy (non-hydrogen) atoms. The molecule has 0 radical (unpaired) electrons. The van der Waals surface area contributed by atoms with Crippen LogP contribution in [0.25, 0.3) is 11.3 Å². The number of carbonyl (C=O) groups is 2. The van der Waals surface area contributed by atoms with E-state index in [9.17, 15) is 14.9 Å². The zero-order chi connectivity index (χ0) is 28.9. The van der Waals surface area contributed by atoms with Gasteiger partial charge < -0.3 is 25.1 Å². The highest BCUT2D eigenvalue weighted by molar-refractivity contribution is 5.95. The zero-order valence-corrected chi connectivity index (χ0v) is 23.2. The summed E-state index contributed by atoms with van der Waals surface area (Å²) in [7, 11) is 0. The van der Waals surface area contributed by atoms with E-state index in [1.54, 1.807) is 24.0 Å². The fourth-order valence-corrected chi connectivity index (χ4v) is 4.67. The molecule has 2 N–H and O–H groups in total. The number of aromatic nitrogens is 2. The summed E-state index contributed by atoms with van der Waals surface area (Å²) in [4.78, 5) is 27.5. The van der Waals surface area contributed by atoms with Crippen molar-refractivity contribution in [1.82, 2.24) is 14.7 Å². The number of likely N-dealkylation sites (tertiary alicyclic amines) is 1. The summed E-state index contributed by atoms with van der Waals surface area (Å²) < 4.78 is 12.4. The number of nitrogens with zero attached hydrogens (tertiary/aromatic N) is 4. The average molecular weight is 543 g/mol. The summed E-state index contributed by atoms with van der Waals surface area (Å²) in [5, 5.41) is 26.2. The lowest BCUT2D eigenvalue weighted by molar-refractivity contribution is 0.0165. The van der Waals surface area contributed by atoms with Crippen molar-refractivity contribution in [3.05, 3.63) is 65.4 Å². The van der Waals surface area contributed by atoms with Crippen LogP contribution in [0.4, 0.5) is 16.2 Å². The van der Waals surface area contributed by atoms with Gasteiger partial charge in [-0.15, -0.1) is 0 Å². The van der Waals surface area contributed by atoms with Gasteiger partial charge in [-0.1, -0.05) is 24.3 Å². The van der Waals surface area contributed by atoms with Crippen LogP contribution < -0.4 is 5.32 Å². The Morgan fingerprint density at radius 3 is 2.62 bits per heavy atom. The average Bonchev–Trinajstić information content (AvgIpc) is 3.33. The fourth-order valence-electron chi connectivity index (χ4n) is 4.67. The molecule has 1 atom stereocenters. The second kappa shape index (κ2) is 12.0. The molecule has 1 amide bonds. The molecule has 1 unspecified atom stereocenters. The number of ether oxygens (including phenoxy) is 2. The number of anilines is 2. The van der Waals surface area contributed by atoms with Crippen LogP contribution in [0.1, 0.15) is 68.2 Å². The quantitative estimate of drug-likeness (QED) is 0.280. The summed E-state index contributed by atoms with van der Waals surface area (Å²) in [6.45, 7) is 8.08. The third-order valence-corrected chi connectivity index (χ3v) is 6.42. The number of carbonyl (C=O) groups excluding carboxylic acids is 2. The maximum Gasteiger partial charge on any atom is 0.410 e. The summed E-state index contributed by atoms with van der Waals surface area (Å²) in [5.41, 5.74) is 2.58. The molecule has 0 bridgehead atoms. The monoisotopic (exact) mass is 542 g/mol. The molecule has 1 fully saturated rings. The smallest absolute Gasteiger partial charge is 0.410 e. The molecule has 2 aromatic carbocycles. The van der Waals surface area contributed by atoms with Gasteiger partial charge in [0, 0.05) is 41.8 Å². The second-order valence-corrected chi connectivity index (χ2v) is 10.5. The van der Waals surface area contributed by atoms with Crippen LogP contribution >= 0.6 is 0 Å². The maximum absolute atomic E-state index is 13.1. The van der Waals surface area contributed by atoms with Crippen molar-refractivity contribution in [2.45, 2.75) is 52.2 Å². The molecule has 2 heterocycles. The highest BCUT2D eigenvalue weighted by Gasteiger charge is 2.34. The van der Waals surface area contributed by atoms with E-state index in [4.69, 9.17) is 20.0 Å². The van der Waals surface area contributed by atoms with Gasteiger partial charge in [-0.2, -0.15) is 10.4 Å². The Labute approximate surface area is 234 Å². The van der Waals surface area contributed by atoms with Crippen LogP contribution in [-0.2, 0) is 9.47 Å². The van der Waals surface area contributed by atoms with Crippen LogP contribution in [-0.4, -0.2) is 58.3 Å². The predicted octanol–water partition coefficient (Wildman–Crippen LogP) is 5.91. The Kier molecular flexibility index (Phi) is 8.53. The Balaban J connectivity index is 1.74. The molecule has 1 aromatic heterocycles. The highest BCUT2D eigenvalue weighted by atomic mass is 16.6. The van der Waals surface area contributed by atoms with Gasteiger partial charge in [0.15, 0.2) is 5.69 Å². The van der Waals surface area contributed by atoms with Gasteiger partial charge >= 0.3 is 12.1 Å². The minimum Gasteiger partial charge on any atom is -0.461 e. The minimum atomic E-state index is -0.651. The van der Waals surface area contributed by atoms with Crippen LogP contribution in [0.2, 0.25) is 0 Å². The number of hydrogen-bond donors (Lipinski definition) is 2. The minimum absolute atomic E-state index is 0.0540. The molecule has 10 heteroatoms. The molecule has 0 saturated carbocycles. The lowest BCUT2D eigenvalue weighted by atomic mass is 10.0. The summed E-state index contributed by atoms with van der Waals surface area (Å²) in [6.07, 6.45) is 2.13. The van der Waals surface area contributed by atoms with E-state index >= 15 is 0 Å². The fraction of sp³-hybridized carbons (Fsp3) is 0.367. The number of benzene rings is 2. The summed E-state index contributed by atoms with van der Waals surface area (Å²) >= 11 is 0. The van der Waals surface area contributed by atoms with Crippen molar-refractivity contribution in [1.29, 1.82) is 10.7 Å². The van der Waals surface area contributed by atoms with Crippen molar-refractivity contribution in [2.24, 2.45) is 0 Å². The predicted molar refractivity (Wildman–Crippen MR) is 152 cm³/mol. The van der Waals surface area contributed by atoms with Gasteiger partial charge in [0.25, 0.3) is 0 Å². The van der Waals surface area contributed by atoms with E-state index in [1.165, 1.54) is 10.9 Å². The molecule has 1 aliphatic heterocycles. The van der Waals surface area contributed by atoms with Gasteiger partial charge in [0.2, 0.25) is 0 Å². The van der Waals surface area contributed by atoms with Crippen molar-refractivity contribution in [3.63, 3.8) is 0 Å². The number of nitriles is 1. The number of rotatable bonds is 7. The Hall–Kier alpha value is -4.65. The van der Waals surface area contributed by atoms with E-state index in [-0.39, 0.29) is 30.5 Å². The van der Waals surface area contributed by atoms with Crippen molar-refractivity contribution < 1.29 is 19.1 Å². The number of para-hydroxylation sites is 1. The lowest BCUT2D eigenvalue weighted by Gasteiger charge is -2.34. The molecule has 208 valence electrons. The van der Waals surface area contributed by atoms with E-state index < -0.39 is 17.7 Å². The number of esters is 1. The van der Waals surface area contributed by atoms with Crippen LogP contribution in [0.5, 0.6) is 0 Å². The first-order valence-electron chi connectivity index (χ1n) is 13.3. The number of nitrogens with one attached hydrogen (secondary N) is 2. The van der Waals surface area contributed by atoms with Crippen LogP contribution in [0.15, 0.2) is 48.5 Å².